The minimum Gasteiger partial charge on any atom is -0.330 e. The Hall–Kier alpha value is -0.0400. The molecule has 1 nitrogen and oxygen atoms in total. The molecule has 0 aromatic heterocycles. The molecule has 52 valence electrons. The van der Waals surface area contributed by atoms with Crippen LogP contribution in [-0.4, -0.2) is 6.54 Å². The molecule has 0 saturated heterocycles. The third-order valence-corrected chi connectivity index (χ3v) is 3.19. The molecule has 2 aliphatic rings. The van der Waals surface area contributed by atoms with Crippen molar-refractivity contribution in [3.8, 4) is 0 Å². The van der Waals surface area contributed by atoms with Crippen LogP contribution in [0.15, 0.2) is 0 Å². The van der Waals surface area contributed by atoms with E-state index in [0.29, 0.717) is 0 Å². The summed E-state index contributed by atoms with van der Waals surface area (Å²) >= 11 is 0. The van der Waals surface area contributed by atoms with Gasteiger partial charge in [-0.25, -0.2) is 0 Å². The highest BCUT2D eigenvalue weighted by atomic mass is 14.6. The molecule has 1 heteroatoms. The summed E-state index contributed by atoms with van der Waals surface area (Å²) in [5.41, 5.74) is 6.37. The highest BCUT2D eigenvalue weighted by molar-refractivity contribution is 4.98. The van der Waals surface area contributed by atoms with E-state index in [1.165, 1.54) is 32.1 Å². The molecule has 0 amide bonds. The van der Waals surface area contributed by atoms with Crippen LogP contribution >= 0.6 is 0 Å². The molecule has 2 saturated carbocycles. The van der Waals surface area contributed by atoms with Crippen LogP contribution in [0.25, 0.3) is 0 Å². The molecule has 9 heavy (non-hydrogen) atoms. The van der Waals surface area contributed by atoms with E-state index < -0.39 is 0 Å². The molecule has 2 N–H and O–H groups in total. The summed E-state index contributed by atoms with van der Waals surface area (Å²) in [4.78, 5) is 0. The van der Waals surface area contributed by atoms with Crippen molar-refractivity contribution in [1.82, 2.24) is 0 Å². The number of nitrogens with two attached hydrogens (primary N) is 1. The normalized spacial score (nSPS) is 31.7. The minimum absolute atomic E-state index is 0.837. The van der Waals surface area contributed by atoms with Gasteiger partial charge in [-0.3, -0.25) is 0 Å². The van der Waals surface area contributed by atoms with Gasteiger partial charge in [0.25, 0.3) is 0 Å². The number of rotatable bonds is 1. The Balaban J connectivity index is 1.82. The van der Waals surface area contributed by atoms with Gasteiger partial charge in [0.2, 0.25) is 0 Å². The average Bonchev–Trinajstić information content (AvgIpc) is 1.59. The Bertz CT molecular complexity index is 108. The quantitative estimate of drug-likeness (QED) is 0.565. The zero-order chi connectivity index (χ0) is 6.32. The van der Waals surface area contributed by atoms with Gasteiger partial charge in [-0.15, -0.1) is 0 Å². The number of hydrogen-bond donors (Lipinski definition) is 1. The fourth-order valence-corrected chi connectivity index (χ4v) is 2.42. The van der Waals surface area contributed by atoms with Crippen LogP contribution in [0.1, 0.15) is 32.1 Å². The van der Waals surface area contributed by atoms with E-state index in [1.54, 1.807) is 0 Å². The first-order valence-electron chi connectivity index (χ1n) is 4.05. The van der Waals surface area contributed by atoms with Crippen molar-refractivity contribution < 1.29 is 0 Å². The summed E-state index contributed by atoms with van der Waals surface area (Å²) < 4.78 is 0. The fourth-order valence-electron chi connectivity index (χ4n) is 2.42. The second-order valence-electron chi connectivity index (χ2n) is 3.86. The van der Waals surface area contributed by atoms with Crippen LogP contribution in [0.5, 0.6) is 0 Å². The standard InChI is InChI=1S/C8H15N/c9-6-7-4-8(5-7)2-1-3-8/h7H,1-6,9H2. The molecule has 0 aliphatic heterocycles. The Morgan fingerprint density at radius 2 is 2.00 bits per heavy atom. The molecule has 2 fully saturated rings. The monoisotopic (exact) mass is 125 g/mol. The molecule has 0 aromatic rings. The molecular weight excluding hydrogens is 110 g/mol. The van der Waals surface area contributed by atoms with Crippen LogP contribution in [0.4, 0.5) is 0 Å². The van der Waals surface area contributed by atoms with E-state index >= 15 is 0 Å². The maximum absolute atomic E-state index is 5.53. The lowest BCUT2D eigenvalue weighted by Crippen LogP contribution is -2.45. The zero-order valence-electron chi connectivity index (χ0n) is 5.90. The predicted molar refractivity (Wildman–Crippen MR) is 38.1 cm³/mol. The van der Waals surface area contributed by atoms with Crippen LogP contribution in [0.3, 0.4) is 0 Å². The third kappa shape index (κ3) is 0.710. The van der Waals surface area contributed by atoms with E-state index in [1.807, 2.05) is 0 Å². The Labute approximate surface area is 56.6 Å². The average molecular weight is 125 g/mol. The van der Waals surface area contributed by atoms with E-state index in [-0.39, 0.29) is 0 Å². The van der Waals surface area contributed by atoms with Crippen molar-refractivity contribution in [2.75, 3.05) is 6.54 Å². The lowest BCUT2D eigenvalue weighted by molar-refractivity contribution is -0.0202. The SMILES string of the molecule is NCC1CC2(CCC2)C1. The smallest absolute Gasteiger partial charge is 0.00485 e. The van der Waals surface area contributed by atoms with Crippen LogP contribution in [-0.2, 0) is 0 Å². The highest BCUT2D eigenvalue weighted by Crippen LogP contribution is 2.58. The molecule has 2 aliphatic carbocycles. The topological polar surface area (TPSA) is 26.0 Å². The van der Waals surface area contributed by atoms with Gasteiger partial charge in [-0.05, 0) is 43.6 Å². The van der Waals surface area contributed by atoms with Gasteiger partial charge >= 0.3 is 0 Å². The largest absolute Gasteiger partial charge is 0.330 e. The van der Waals surface area contributed by atoms with Gasteiger partial charge in [-0.2, -0.15) is 0 Å². The van der Waals surface area contributed by atoms with Crippen molar-refractivity contribution in [1.29, 1.82) is 0 Å². The first-order chi connectivity index (χ1) is 4.35. The lowest BCUT2D eigenvalue weighted by Gasteiger charge is -2.54. The molecular formula is C8H15N. The first kappa shape index (κ1) is 5.72. The molecule has 0 heterocycles. The van der Waals surface area contributed by atoms with Crippen molar-refractivity contribution >= 4 is 0 Å². The zero-order valence-corrected chi connectivity index (χ0v) is 5.90. The summed E-state index contributed by atoms with van der Waals surface area (Å²) in [5.74, 6) is 0.894. The second-order valence-corrected chi connectivity index (χ2v) is 3.86. The molecule has 2 rings (SSSR count). The summed E-state index contributed by atoms with van der Waals surface area (Å²) in [7, 11) is 0. The van der Waals surface area contributed by atoms with E-state index in [0.717, 1.165) is 17.9 Å². The van der Waals surface area contributed by atoms with Crippen LogP contribution in [0.2, 0.25) is 0 Å². The van der Waals surface area contributed by atoms with Crippen molar-refractivity contribution in [2.24, 2.45) is 17.1 Å². The maximum Gasteiger partial charge on any atom is -0.00485 e. The molecule has 0 unspecified atom stereocenters. The predicted octanol–water partition coefficient (Wildman–Crippen LogP) is 1.53. The minimum atomic E-state index is 0.837. The van der Waals surface area contributed by atoms with E-state index in [4.69, 9.17) is 5.73 Å². The fraction of sp³-hybridized carbons (Fsp3) is 1.00. The second kappa shape index (κ2) is 1.72. The Morgan fingerprint density at radius 1 is 1.33 bits per heavy atom. The van der Waals surface area contributed by atoms with Crippen LogP contribution < -0.4 is 5.73 Å². The van der Waals surface area contributed by atoms with Gasteiger partial charge in [0.1, 0.15) is 0 Å². The van der Waals surface area contributed by atoms with Gasteiger partial charge < -0.3 is 5.73 Å². The van der Waals surface area contributed by atoms with Gasteiger partial charge in [0.05, 0.1) is 0 Å². The summed E-state index contributed by atoms with van der Waals surface area (Å²) in [6.45, 7) is 0.932. The van der Waals surface area contributed by atoms with Crippen LogP contribution in [0, 0.1) is 11.3 Å². The molecule has 0 atom stereocenters. The summed E-state index contributed by atoms with van der Waals surface area (Å²) in [6.07, 6.45) is 7.39. The summed E-state index contributed by atoms with van der Waals surface area (Å²) in [6, 6.07) is 0. The molecule has 0 aromatic carbocycles. The lowest BCUT2D eigenvalue weighted by atomic mass is 9.52. The van der Waals surface area contributed by atoms with Gasteiger partial charge in [0, 0.05) is 0 Å². The van der Waals surface area contributed by atoms with E-state index in [9.17, 15) is 0 Å². The van der Waals surface area contributed by atoms with E-state index in [2.05, 4.69) is 0 Å². The van der Waals surface area contributed by atoms with Crippen molar-refractivity contribution in [3.63, 3.8) is 0 Å². The third-order valence-electron chi connectivity index (χ3n) is 3.19. The Morgan fingerprint density at radius 3 is 2.33 bits per heavy atom. The maximum atomic E-state index is 5.53. The summed E-state index contributed by atoms with van der Waals surface area (Å²) in [5, 5.41) is 0. The molecule has 0 radical (unpaired) electrons. The van der Waals surface area contributed by atoms with Gasteiger partial charge in [0.15, 0.2) is 0 Å². The van der Waals surface area contributed by atoms with Crippen molar-refractivity contribution in [3.05, 3.63) is 0 Å². The molecule has 1 spiro atoms. The van der Waals surface area contributed by atoms with Gasteiger partial charge in [-0.1, -0.05) is 6.42 Å². The first-order valence-corrected chi connectivity index (χ1v) is 4.05. The Kier molecular flexibility index (Phi) is 1.10. The van der Waals surface area contributed by atoms with Crippen molar-refractivity contribution in [2.45, 2.75) is 32.1 Å². The number of hydrogen-bond acceptors (Lipinski definition) is 1. The molecule has 0 bridgehead atoms. The highest BCUT2D eigenvalue weighted by Gasteiger charge is 2.47.